The SMILES string of the molecule is COC(=O)c1cscc1S(=O)(=O)NN. The van der Waals surface area contributed by atoms with E-state index in [2.05, 4.69) is 4.74 Å². The zero-order valence-electron chi connectivity index (χ0n) is 7.18. The number of esters is 1. The number of hydrogen-bond donors (Lipinski definition) is 2. The standard InChI is InChI=1S/C6H8N2O4S2/c1-12-6(9)4-2-13-3-5(4)14(10,11)8-7/h2-3,8H,7H2,1H3. The van der Waals surface area contributed by atoms with Crippen molar-refractivity contribution in [1.29, 1.82) is 0 Å². The fraction of sp³-hybridized carbons (Fsp3) is 0.167. The van der Waals surface area contributed by atoms with E-state index >= 15 is 0 Å². The number of nitrogens with one attached hydrogen (secondary N) is 1. The quantitative estimate of drug-likeness (QED) is 0.426. The molecule has 0 spiro atoms. The van der Waals surface area contributed by atoms with E-state index in [1.165, 1.54) is 17.9 Å². The molecule has 0 bridgehead atoms. The molecule has 0 aliphatic carbocycles. The minimum absolute atomic E-state index is 0.0181. The maximum absolute atomic E-state index is 11.3. The van der Waals surface area contributed by atoms with Crippen LogP contribution in [0.15, 0.2) is 15.7 Å². The van der Waals surface area contributed by atoms with Crippen molar-refractivity contribution in [2.75, 3.05) is 7.11 Å². The van der Waals surface area contributed by atoms with Crippen molar-refractivity contribution in [1.82, 2.24) is 4.83 Å². The molecule has 0 saturated carbocycles. The van der Waals surface area contributed by atoms with E-state index < -0.39 is 16.0 Å². The molecule has 78 valence electrons. The van der Waals surface area contributed by atoms with Crippen LogP contribution in [-0.4, -0.2) is 21.5 Å². The Bertz CT molecular complexity index is 436. The Morgan fingerprint density at radius 2 is 2.21 bits per heavy atom. The summed E-state index contributed by atoms with van der Waals surface area (Å²) in [4.78, 5) is 12.6. The molecule has 8 heteroatoms. The van der Waals surface area contributed by atoms with E-state index in [0.717, 1.165) is 11.3 Å². The zero-order chi connectivity index (χ0) is 10.8. The largest absolute Gasteiger partial charge is 0.465 e. The molecule has 1 aromatic rings. The first kappa shape index (κ1) is 11.1. The maximum Gasteiger partial charge on any atom is 0.340 e. The van der Waals surface area contributed by atoms with Gasteiger partial charge in [0.2, 0.25) is 0 Å². The van der Waals surface area contributed by atoms with Crippen molar-refractivity contribution in [3.8, 4) is 0 Å². The van der Waals surface area contributed by atoms with Gasteiger partial charge in [-0.25, -0.2) is 13.2 Å². The van der Waals surface area contributed by atoms with Gasteiger partial charge in [-0.2, -0.15) is 16.2 Å². The Balaban J connectivity index is 3.25. The second-order valence-electron chi connectivity index (χ2n) is 2.26. The molecule has 0 fully saturated rings. The average Bonchev–Trinajstić information content (AvgIpc) is 2.65. The molecule has 0 saturated heterocycles. The molecule has 1 heterocycles. The smallest absolute Gasteiger partial charge is 0.340 e. The molecule has 0 atom stereocenters. The van der Waals surface area contributed by atoms with Gasteiger partial charge in [-0.05, 0) is 0 Å². The first-order valence-corrected chi connectivity index (χ1v) is 5.82. The minimum atomic E-state index is -3.80. The van der Waals surface area contributed by atoms with Gasteiger partial charge in [-0.15, -0.1) is 0 Å². The van der Waals surface area contributed by atoms with Crippen LogP contribution < -0.4 is 10.7 Å². The average molecular weight is 236 g/mol. The van der Waals surface area contributed by atoms with Crippen molar-refractivity contribution in [2.24, 2.45) is 5.84 Å². The van der Waals surface area contributed by atoms with E-state index in [0.29, 0.717) is 0 Å². The predicted molar refractivity (Wildman–Crippen MR) is 50.2 cm³/mol. The highest BCUT2D eigenvalue weighted by Gasteiger charge is 2.22. The second kappa shape index (κ2) is 4.05. The number of hydrogen-bond acceptors (Lipinski definition) is 6. The third-order valence-electron chi connectivity index (χ3n) is 1.48. The Labute approximate surface area is 84.7 Å². The molecule has 3 N–H and O–H groups in total. The summed E-state index contributed by atoms with van der Waals surface area (Å²) in [5, 5.41) is 2.69. The number of sulfonamides is 1. The number of nitrogens with two attached hydrogens (primary N) is 1. The topological polar surface area (TPSA) is 98.5 Å². The zero-order valence-corrected chi connectivity index (χ0v) is 8.81. The van der Waals surface area contributed by atoms with Crippen LogP contribution in [-0.2, 0) is 14.8 Å². The van der Waals surface area contributed by atoms with Crippen LogP contribution in [0.3, 0.4) is 0 Å². The van der Waals surface area contributed by atoms with Crippen LogP contribution in [0.5, 0.6) is 0 Å². The summed E-state index contributed by atoms with van der Waals surface area (Å²) in [5.74, 6) is 4.11. The van der Waals surface area contributed by atoms with Crippen LogP contribution in [0.4, 0.5) is 0 Å². The molecular weight excluding hydrogens is 228 g/mol. The van der Waals surface area contributed by atoms with Gasteiger partial charge in [0.25, 0.3) is 10.0 Å². The lowest BCUT2D eigenvalue weighted by molar-refractivity contribution is 0.0597. The number of methoxy groups -OCH3 is 1. The summed E-state index contributed by atoms with van der Waals surface area (Å²) in [7, 11) is -2.63. The Hall–Kier alpha value is -0.960. The van der Waals surface area contributed by atoms with E-state index in [-0.39, 0.29) is 10.5 Å². The van der Waals surface area contributed by atoms with Crippen LogP contribution >= 0.6 is 11.3 Å². The minimum Gasteiger partial charge on any atom is -0.465 e. The molecule has 0 amide bonds. The van der Waals surface area contributed by atoms with E-state index in [9.17, 15) is 13.2 Å². The summed E-state index contributed by atoms with van der Waals surface area (Å²) in [5.41, 5.74) is -0.0181. The number of rotatable bonds is 3. The van der Waals surface area contributed by atoms with Crippen molar-refractivity contribution in [2.45, 2.75) is 4.90 Å². The number of carbonyl (C=O) groups excluding carboxylic acids is 1. The van der Waals surface area contributed by atoms with E-state index in [1.54, 1.807) is 4.83 Å². The van der Waals surface area contributed by atoms with Gasteiger partial charge < -0.3 is 4.74 Å². The van der Waals surface area contributed by atoms with Gasteiger partial charge in [-0.1, -0.05) is 0 Å². The molecule has 0 unspecified atom stereocenters. The van der Waals surface area contributed by atoms with Crippen molar-refractivity contribution < 1.29 is 17.9 Å². The van der Waals surface area contributed by atoms with Crippen molar-refractivity contribution in [3.63, 3.8) is 0 Å². The van der Waals surface area contributed by atoms with Crippen molar-refractivity contribution >= 4 is 27.3 Å². The number of thiophene rings is 1. The lowest BCUT2D eigenvalue weighted by Crippen LogP contribution is -2.31. The lowest BCUT2D eigenvalue weighted by atomic mass is 10.3. The van der Waals surface area contributed by atoms with E-state index in [1.807, 2.05) is 0 Å². The highest BCUT2D eigenvalue weighted by Crippen LogP contribution is 2.20. The summed E-state index contributed by atoms with van der Waals surface area (Å²) in [6.45, 7) is 0. The molecule has 0 aliphatic heterocycles. The van der Waals surface area contributed by atoms with Crippen LogP contribution in [0.25, 0.3) is 0 Å². The van der Waals surface area contributed by atoms with Crippen molar-refractivity contribution in [3.05, 3.63) is 16.3 Å². The summed E-state index contributed by atoms with van der Waals surface area (Å²) < 4.78 is 26.9. The Morgan fingerprint density at radius 1 is 1.57 bits per heavy atom. The van der Waals surface area contributed by atoms with Gasteiger partial charge in [0.05, 0.1) is 12.7 Å². The third kappa shape index (κ3) is 1.93. The first-order valence-electron chi connectivity index (χ1n) is 3.40. The van der Waals surface area contributed by atoms with E-state index in [4.69, 9.17) is 5.84 Å². The third-order valence-corrected chi connectivity index (χ3v) is 3.60. The second-order valence-corrected chi connectivity index (χ2v) is 4.69. The highest BCUT2D eigenvalue weighted by atomic mass is 32.2. The number of hydrazine groups is 1. The summed E-state index contributed by atoms with van der Waals surface area (Å²) >= 11 is 1.08. The molecule has 0 radical (unpaired) electrons. The fourth-order valence-corrected chi connectivity index (χ4v) is 2.80. The monoisotopic (exact) mass is 236 g/mol. The Kier molecular flexibility index (Phi) is 3.21. The van der Waals surface area contributed by atoms with Gasteiger partial charge in [0.1, 0.15) is 4.90 Å². The molecule has 0 aliphatic rings. The summed E-state index contributed by atoms with van der Waals surface area (Å²) in [6.07, 6.45) is 0. The molecule has 6 nitrogen and oxygen atoms in total. The lowest BCUT2D eigenvalue weighted by Gasteiger charge is -2.01. The highest BCUT2D eigenvalue weighted by molar-refractivity contribution is 7.89. The maximum atomic E-state index is 11.3. The molecule has 1 aromatic heterocycles. The molecular formula is C6H8N2O4S2. The van der Waals surface area contributed by atoms with Crippen LogP contribution in [0.1, 0.15) is 10.4 Å². The normalized spacial score (nSPS) is 11.3. The molecule has 14 heavy (non-hydrogen) atoms. The van der Waals surface area contributed by atoms with Crippen LogP contribution in [0.2, 0.25) is 0 Å². The predicted octanol–water partition coefficient (Wildman–Crippen LogP) is -0.313. The van der Waals surface area contributed by atoms with Gasteiger partial charge in [0, 0.05) is 10.8 Å². The number of ether oxygens (including phenoxy) is 1. The number of carbonyl (C=O) groups is 1. The van der Waals surface area contributed by atoms with Gasteiger partial charge in [-0.3, -0.25) is 5.84 Å². The fourth-order valence-electron chi connectivity index (χ4n) is 0.816. The molecule has 0 aromatic carbocycles. The van der Waals surface area contributed by atoms with Gasteiger partial charge in [0.15, 0.2) is 0 Å². The van der Waals surface area contributed by atoms with Crippen LogP contribution in [0, 0.1) is 0 Å². The Morgan fingerprint density at radius 3 is 2.71 bits per heavy atom. The first-order chi connectivity index (χ1) is 6.53. The molecule has 1 rings (SSSR count). The van der Waals surface area contributed by atoms with Gasteiger partial charge >= 0.3 is 5.97 Å². The summed E-state index contributed by atoms with van der Waals surface area (Å²) in [6, 6.07) is 0.